The molecule has 1 aromatic heterocycles. The zero-order valence-corrected chi connectivity index (χ0v) is 12.6. The third-order valence-corrected chi connectivity index (χ3v) is 4.80. The minimum atomic E-state index is -3.46. The van der Waals surface area contributed by atoms with Crippen LogP contribution in [0.15, 0.2) is 17.2 Å². The molecule has 19 heavy (non-hydrogen) atoms. The van der Waals surface area contributed by atoms with Crippen LogP contribution in [0.4, 0.5) is 0 Å². The monoisotopic (exact) mass is 289 g/mol. The fourth-order valence-electron chi connectivity index (χ4n) is 1.77. The maximum absolute atomic E-state index is 12.3. The Morgan fingerprint density at radius 3 is 2.58 bits per heavy atom. The standard InChI is InChI=1S/C12H23N3O3S/c1-4-15-10-12(8-11(15)9-13)19(16,17)14(3)6-7-18-5-2/h8,10H,4-7,9,13H2,1-3H3. The van der Waals surface area contributed by atoms with Crippen molar-refractivity contribution in [2.45, 2.75) is 31.8 Å². The predicted molar refractivity (Wildman–Crippen MR) is 74.3 cm³/mol. The van der Waals surface area contributed by atoms with Crippen LogP contribution in [-0.2, 0) is 27.8 Å². The van der Waals surface area contributed by atoms with Crippen molar-refractivity contribution in [3.63, 3.8) is 0 Å². The Kier molecular flexibility index (Phi) is 5.99. The van der Waals surface area contributed by atoms with Crippen molar-refractivity contribution in [3.05, 3.63) is 18.0 Å². The molecule has 1 aromatic rings. The van der Waals surface area contributed by atoms with Gasteiger partial charge in [0.05, 0.1) is 6.61 Å². The molecule has 1 heterocycles. The van der Waals surface area contributed by atoms with Crippen molar-refractivity contribution in [1.82, 2.24) is 8.87 Å². The van der Waals surface area contributed by atoms with Crippen LogP contribution in [-0.4, -0.2) is 44.1 Å². The number of ether oxygens (including phenoxy) is 1. The summed E-state index contributed by atoms with van der Waals surface area (Å²) >= 11 is 0. The predicted octanol–water partition coefficient (Wildman–Crippen LogP) is 0.624. The molecule has 0 aliphatic carbocycles. The van der Waals surface area contributed by atoms with Gasteiger partial charge in [-0.25, -0.2) is 8.42 Å². The molecule has 0 saturated heterocycles. The van der Waals surface area contributed by atoms with E-state index < -0.39 is 10.0 Å². The van der Waals surface area contributed by atoms with Gasteiger partial charge in [0.25, 0.3) is 0 Å². The van der Waals surface area contributed by atoms with Crippen LogP contribution in [0.1, 0.15) is 19.5 Å². The highest BCUT2D eigenvalue weighted by Crippen LogP contribution is 2.18. The first-order valence-corrected chi connectivity index (χ1v) is 7.84. The van der Waals surface area contributed by atoms with E-state index in [0.29, 0.717) is 32.8 Å². The second-order valence-electron chi connectivity index (χ2n) is 4.18. The third-order valence-electron chi connectivity index (χ3n) is 2.97. The van der Waals surface area contributed by atoms with Crippen molar-refractivity contribution in [1.29, 1.82) is 0 Å². The lowest BCUT2D eigenvalue weighted by Gasteiger charge is -2.15. The second-order valence-corrected chi connectivity index (χ2v) is 6.23. The summed E-state index contributed by atoms with van der Waals surface area (Å²) < 4.78 is 33.0. The van der Waals surface area contributed by atoms with Crippen LogP contribution < -0.4 is 5.73 Å². The third kappa shape index (κ3) is 3.79. The van der Waals surface area contributed by atoms with Gasteiger partial charge in [0.1, 0.15) is 4.90 Å². The molecule has 0 aliphatic rings. The number of aromatic nitrogens is 1. The Hall–Kier alpha value is -0.890. The van der Waals surface area contributed by atoms with Crippen LogP contribution >= 0.6 is 0 Å². The van der Waals surface area contributed by atoms with Gasteiger partial charge in [-0.05, 0) is 19.9 Å². The van der Waals surface area contributed by atoms with Gasteiger partial charge in [-0.1, -0.05) is 0 Å². The average molecular weight is 289 g/mol. The Bertz CT molecular complexity index is 475. The summed E-state index contributed by atoms with van der Waals surface area (Å²) in [4.78, 5) is 0.286. The van der Waals surface area contributed by atoms with E-state index in [9.17, 15) is 8.42 Å². The Labute approximate surface area is 115 Å². The number of nitrogens with two attached hydrogens (primary N) is 1. The number of nitrogens with zero attached hydrogens (tertiary/aromatic N) is 2. The van der Waals surface area contributed by atoms with Gasteiger partial charge in [0.2, 0.25) is 10.0 Å². The highest BCUT2D eigenvalue weighted by atomic mass is 32.2. The van der Waals surface area contributed by atoms with Crippen LogP contribution in [0.2, 0.25) is 0 Å². The smallest absolute Gasteiger partial charge is 0.244 e. The van der Waals surface area contributed by atoms with Crippen molar-refractivity contribution < 1.29 is 13.2 Å². The number of hydrogen-bond acceptors (Lipinski definition) is 4. The lowest BCUT2D eigenvalue weighted by atomic mass is 10.4. The van der Waals surface area contributed by atoms with Crippen LogP contribution in [0.5, 0.6) is 0 Å². The molecule has 110 valence electrons. The van der Waals surface area contributed by atoms with Crippen molar-refractivity contribution in [2.24, 2.45) is 5.73 Å². The molecule has 0 aromatic carbocycles. The maximum atomic E-state index is 12.3. The molecule has 0 amide bonds. The lowest BCUT2D eigenvalue weighted by molar-refractivity contribution is 0.138. The molecule has 0 radical (unpaired) electrons. The number of sulfonamides is 1. The van der Waals surface area contributed by atoms with E-state index in [1.165, 1.54) is 4.31 Å². The molecule has 0 spiro atoms. The molecule has 0 fully saturated rings. The summed E-state index contributed by atoms with van der Waals surface area (Å²) in [7, 11) is -1.91. The van der Waals surface area contributed by atoms with Gasteiger partial charge in [-0.2, -0.15) is 4.31 Å². The maximum Gasteiger partial charge on any atom is 0.244 e. The summed E-state index contributed by atoms with van der Waals surface area (Å²) in [5, 5.41) is 0. The minimum absolute atomic E-state index is 0.286. The summed E-state index contributed by atoms with van der Waals surface area (Å²) in [6.07, 6.45) is 1.63. The normalized spacial score (nSPS) is 12.3. The number of likely N-dealkylation sites (N-methyl/N-ethyl adjacent to an activating group) is 1. The van der Waals surface area contributed by atoms with Gasteiger partial charge >= 0.3 is 0 Å². The van der Waals surface area contributed by atoms with Gasteiger partial charge in [0, 0.05) is 45.2 Å². The molecule has 0 atom stereocenters. The minimum Gasteiger partial charge on any atom is -0.380 e. The summed E-state index contributed by atoms with van der Waals surface area (Å²) in [5.41, 5.74) is 6.43. The highest BCUT2D eigenvalue weighted by Gasteiger charge is 2.22. The zero-order chi connectivity index (χ0) is 14.5. The molecule has 2 N–H and O–H groups in total. The number of hydrogen-bond donors (Lipinski definition) is 1. The zero-order valence-electron chi connectivity index (χ0n) is 11.8. The van der Waals surface area contributed by atoms with E-state index in [-0.39, 0.29) is 4.90 Å². The average Bonchev–Trinajstić information content (AvgIpc) is 2.82. The molecule has 0 bridgehead atoms. The van der Waals surface area contributed by atoms with Crippen molar-refractivity contribution in [2.75, 3.05) is 26.8 Å². The number of rotatable bonds is 8. The van der Waals surface area contributed by atoms with Gasteiger partial charge in [-0.15, -0.1) is 0 Å². The first kappa shape index (κ1) is 16.2. The van der Waals surface area contributed by atoms with Crippen LogP contribution in [0.3, 0.4) is 0 Å². The van der Waals surface area contributed by atoms with Crippen LogP contribution in [0, 0.1) is 0 Å². The van der Waals surface area contributed by atoms with Crippen LogP contribution in [0.25, 0.3) is 0 Å². The number of aryl methyl sites for hydroxylation is 1. The van der Waals surface area contributed by atoms with Crippen molar-refractivity contribution in [3.8, 4) is 0 Å². The molecule has 0 aliphatic heterocycles. The van der Waals surface area contributed by atoms with E-state index in [1.54, 1.807) is 19.3 Å². The van der Waals surface area contributed by atoms with E-state index in [4.69, 9.17) is 10.5 Å². The van der Waals surface area contributed by atoms with Gasteiger partial charge in [0.15, 0.2) is 0 Å². The summed E-state index contributed by atoms with van der Waals surface area (Å²) in [6, 6.07) is 1.63. The van der Waals surface area contributed by atoms with Crippen molar-refractivity contribution >= 4 is 10.0 Å². The summed E-state index contributed by atoms with van der Waals surface area (Å²) in [6.45, 7) is 6.17. The Morgan fingerprint density at radius 1 is 1.42 bits per heavy atom. The quantitative estimate of drug-likeness (QED) is 0.712. The van der Waals surface area contributed by atoms with Gasteiger partial charge in [-0.3, -0.25) is 0 Å². The van der Waals surface area contributed by atoms with Gasteiger partial charge < -0.3 is 15.0 Å². The first-order chi connectivity index (χ1) is 8.97. The molecule has 0 saturated carbocycles. The summed E-state index contributed by atoms with van der Waals surface area (Å²) in [5.74, 6) is 0. The molecule has 1 rings (SSSR count). The lowest BCUT2D eigenvalue weighted by Crippen LogP contribution is -2.30. The first-order valence-electron chi connectivity index (χ1n) is 6.40. The highest BCUT2D eigenvalue weighted by molar-refractivity contribution is 7.89. The van der Waals surface area contributed by atoms with E-state index in [1.807, 2.05) is 18.4 Å². The Balaban J connectivity index is 2.90. The molecule has 0 unspecified atom stereocenters. The largest absolute Gasteiger partial charge is 0.380 e. The van der Waals surface area contributed by atoms with E-state index in [0.717, 1.165) is 5.69 Å². The van der Waals surface area contributed by atoms with E-state index in [2.05, 4.69) is 0 Å². The van der Waals surface area contributed by atoms with E-state index >= 15 is 0 Å². The fraction of sp³-hybridized carbons (Fsp3) is 0.667. The molecular weight excluding hydrogens is 266 g/mol. The molecule has 6 nitrogen and oxygen atoms in total. The topological polar surface area (TPSA) is 77.6 Å². The Morgan fingerprint density at radius 2 is 2.11 bits per heavy atom. The SMILES string of the molecule is CCOCCN(C)S(=O)(=O)c1cc(CN)n(CC)c1. The second kappa shape index (κ2) is 7.04. The fourth-order valence-corrected chi connectivity index (χ4v) is 2.99. The molecule has 7 heteroatoms. The molecular formula is C12H23N3O3S.